The fourth-order valence-corrected chi connectivity index (χ4v) is 2.96. The number of hydrogen-bond acceptors (Lipinski definition) is 9. The van der Waals surface area contributed by atoms with E-state index in [9.17, 15) is 20.3 Å². The molecule has 2 aromatic heterocycles. The van der Waals surface area contributed by atoms with Crippen molar-refractivity contribution < 1.29 is 29.1 Å². The van der Waals surface area contributed by atoms with Crippen LogP contribution in [0.4, 0.5) is 15.9 Å². The molecule has 0 bridgehead atoms. The van der Waals surface area contributed by atoms with E-state index in [1.165, 1.54) is 0 Å². The number of nitro groups is 1. The molecule has 0 radical (unpaired) electrons. The molecule has 1 saturated heterocycles. The van der Waals surface area contributed by atoms with Crippen molar-refractivity contribution in [3.63, 3.8) is 0 Å². The van der Waals surface area contributed by atoms with Gasteiger partial charge in [-0.1, -0.05) is 0 Å². The topological polar surface area (TPSA) is 145 Å². The van der Waals surface area contributed by atoms with Gasteiger partial charge in [0, 0.05) is 0 Å². The third kappa shape index (κ3) is 2.76. The molecule has 3 rings (SSSR count). The third-order valence-corrected chi connectivity index (χ3v) is 4.25. The van der Waals surface area contributed by atoms with Crippen molar-refractivity contribution in [3.05, 3.63) is 22.6 Å². The molecule has 11 nitrogen and oxygen atoms in total. The molecular weight excluding hydrogens is 353 g/mol. The van der Waals surface area contributed by atoms with Gasteiger partial charge in [0.2, 0.25) is 0 Å². The summed E-state index contributed by atoms with van der Waals surface area (Å²) in [5.74, 6) is 0.0418. The van der Waals surface area contributed by atoms with E-state index in [1.54, 1.807) is 6.92 Å². The van der Waals surface area contributed by atoms with Crippen LogP contribution < -0.4 is 5.48 Å². The second-order valence-corrected chi connectivity index (χ2v) is 5.94. The number of rotatable bonds is 6. The first-order chi connectivity index (χ1) is 12.3. The number of alkyl halides is 1. The molecule has 4 atom stereocenters. The number of ether oxygens (including phenoxy) is 1. The van der Waals surface area contributed by atoms with E-state index in [-0.39, 0.29) is 29.1 Å². The fraction of sp³-hybridized carbons (Fsp3) is 0.571. The summed E-state index contributed by atoms with van der Waals surface area (Å²) in [5, 5.41) is 30.8. The number of aliphatic hydroxyl groups is 2. The second-order valence-electron chi connectivity index (χ2n) is 5.94. The molecule has 12 heteroatoms. The summed E-state index contributed by atoms with van der Waals surface area (Å²) in [6.45, 7) is 2.47. The van der Waals surface area contributed by atoms with E-state index < -0.39 is 35.6 Å². The first-order valence-corrected chi connectivity index (χ1v) is 7.83. The Balaban J connectivity index is 2.17. The highest BCUT2D eigenvalue weighted by atomic mass is 19.1. The summed E-state index contributed by atoms with van der Waals surface area (Å²) in [4.78, 5) is 23.8. The van der Waals surface area contributed by atoms with Gasteiger partial charge in [0.15, 0.2) is 23.4 Å². The lowest BCUT2D eigenvalue weighted by Gasteiger charge is -2.24. The Bertz CT molecular complexity index is 828. The van der Waals surface area contributed by atoms with Gasteiger partial charge in [-0.25, -0.2) is 19.8 Å². The Kier molecular flexibility index (Phi) is 4.75. The van der Waals surface area contributed by atoms with Crippen LogP contribution in [-0.2, 0) is 9.57 Å². The molecule has 1 aliphatic heterocycles. The van der Waals surface area contributed by atoms with Gasteiger partial charge in [-0.05, 0) is 13.8 Å². The highest BCUT2D eigenvalue weighted by Gasteiger charge is 2.55. The molecule has 2 aromatic rings. The number of anilines is 1. The number of halogens is 1. The maximum Gasteiger partial charge on any atom is 0.300 e. The Labute approximate surface area is 146 Å². The fourth-order valence-electron chi connectivity index (χ4n) is 2.96. The molecule has 0 amide bonds. The van der Waals surface area contributed by atoms with Gasteiger partial charge in [-0.2, -0.15) is 0 Å². The molecule has 1 fully saturated rings. The normalized spacial score (nSPS) is 28.6. The van der Waals surface area contributed by atoms with Gasteiger partial charge >= 0.3 is 0 Å². The van der Waals surface area contributed by atoms with Crippen LogP contribution in [0.1, 0.15) is 20.1 Å². The van der Waals surface area contributed by atoms with Crippen molar-refractivity contribution in [2.24, 2.45) is 0 Å². The van der Waals surface area contributed by atoms with E-state index in [2.05, 4.69) is 15.4 Å². The smallest absolute Gasteiger partial charge is 0.300 e. The molecule has 0 saturated carbocycles. The molecule has 3 unspecified atom stereocenters. The lowest BCUT2D eigenvalue weighted by atomic mass is 9.98. The van der Waals surface area contributed by atoms with Crippen LogP contribution >= 0.6 is 0 Å². The third-order valence-electron chi connectivity index (χ3n) is 4.25. The van der Waals surface area contributed by atoms with Crippen molar-refractivity contribution >= 4 is 22.5 Å². The lowest BCUT2D eigenvalue weighted by molar-refractivity contribution is -0.383. The summed E-state index contributed by atoms with van der Waals surface area (Å²) in [7, 11) is 0. The Morgan fingerprint density at radius 2 is 2.31 bits per heavy atom. The van der Waals surface area contributed by atoms with Crippen LogP contribution in [-0.4, -0.2) is 60.8 Å². The monoisotopic (exact) mass is 371 g/mol. The van der Waals surface area contributed by atoms with Crippen LogP contribution in [0.25, 0.3) is 11.0 Å². The molecule has 0 aliphatic carbocycles. The van der Waals surface area contributed by atoms with Gasteiger partial charge in [0.1, 0.15) is 23.9 Å². The van der Waals surface area contributed by atoms with Crippen molar-refractivity contribution in [2.75, 3.05) is 18.7 Å². The van der Waals surface area contributed by atoms with Crippen molar-refractivity contribution in [3.8, 4) is 0 Å². The summed E-state index contributed by atoms with van der Waals surface area (Å²) < 4.78 is 21.6. The Morgan fingerprint density at radius 3 is 2.88 bits per heavy atom. The number of nitrogens with zero attached hydrogens (tertiary/aromatic N) is 4. The zero-order valence-electron chi connectivity index (χ0n) is 14.0. The van der Waals surface area contributed by atoms with Crippen LogP contribution in [0.15, 0.2) is 12.5 Å². The average Bonchev–Trinajstić information content (AvgIpc) is 3.09. The van der Waals surface area contributed by atoms with Crippen LogP contribution in [0, 0.1) is 10.1 Å². The number of nitrogens with one attached hydrogen (secondary N) is 1. The van der Waals surface area contributed by atoms with Gasteiger partial charge in [0.05, 0.1) is 24.3 Å². The second kappa shape index (κ2) is 6.72. The van der Waals surface area contributed by atoms with Gasteiger partial charge in [-0.3, -0.25) is 19.5 Å². The highest BCUT2D eigenvalue weighted by molar-refractivity contribution is 5.95. The Hall–Kier alpha value is -2.41. The van der Waals surface area contributed by atoms with E-state index in [0.29, 0.717) is 0 Å². The summed E-state index contributed by atoms with van der Waals surface area (Å²) >= 11 is 0. The van der Waals surface area contributed by atoms with E-state index in [1.807, 2.05) is 0 Å². The standard InChI is InChI=1S/C14H18FN5O6/c1-3-25-18-11-9-7(20(23)24)4-19(12(9)17-6-16-11)13-14(2,15)10(22)8(5-21)26-13/h4,6,8,10,13,21-22H,3,5H2,1-2H3,(H,16,17,18)/t8?,10?,13?,14-/m1/s1. The molecule has 142 valence electrons. The molecule has 1 aliphatic rings. The van der Waals surface area contributed by atoms with Crippen molar-refractivity contribution in [1.29, 1.82) is 0 Å². The number of aromatic nitrogens is 3. The molecule has 0 spiro atoms. The predicted octanol–water partition coefficient (Wildman–Crippen LogP) is 0.682. The molecule has 26 heavy (non-hydrogen) atoms. The zero-order chi connectivity index (χ0) is 19.1. The van der Waals surface area contributed by atoms with Gasteiger partial charge in [-0.15, -0.1) is 0 Å². The maximum atomic E-state index is 15.1. The predicted molar refractivity (Wildman–Crippen MR) is 85.9 cm³/mol. The average molecular weight is 371 g/mol. The summed E-state index contributed by atoms with van der Waals surface area (Å²) in [6, 6.07) is 0. The van der Waals surface area contributed by atoms with Crippen molar-refractivity contribution in [1.82, 2.24) is 14.5 Å². The van der Waals surface area contributed by atoms with Gasteiger partial charge < -0.3 is 14.9 Å². The van der Waals surface area contributed by atoms with E-state index in [4.69, 9.17) is 9.57 Å². The van der Waals surface area contributed by atoms with Crippen LogP contribution in [0.3, 0.4) is 0 Å². The van der Waals surface area contributed by atoms with Crippen LogP contribution in [0.2, 0.25) is 0 Å². The minimum Gasteiger partial charge on any atom is -0.394 e. The SMILES string of the molecule is CCONc1ncnc2c1c([N+](=O)[O-])cn2C1OC(CO)C(O)[C@@]1(C)F. The first kappa shape index (κ1) is 18.4. The quantitative estimate of drug-likeness (QED) is 0.493. The highest BCUT2D eigenvalue weighted by Crippen LogP contribution is 2.44. The molecule has 3 heterocycles. The number of aliphatic hydroxyl groups excluding tert-OH is 2. The summed E-state index contributed by atoms with van der Waals surface area (Å²) in [6.07, 6.45) is -2.02. The maximum absolute atomic E-state index is 15.1. The van der Waals surface area contributed by atoms with Crippen LogP contribution in [0.5, 0.6) is 0 Å². The summed E-state index contributed by atoms with van der Waals surface area (Å²) in [5.41, 5.74) is -0.184. The minimum absolute atomic E-state index is 0.00675. The van der Waals surface area contributed by atoms with Gasteiger partial charge in [0.25, 0.3) is 5.69 Å². The molecular formula is C14H18FN5O6. The van der Waals surface area contributed by atoms with E-state index >= 15 is 4.39 Å². The largest absolute Gasteiger partial charge is 0.394 e. The lowest BCUT2D eigenvalue weighted by Crippen LogP contribution is -2.40. The number of hydrogen-bond donors (Lipinski definition) is 3. The first-order valence-electron chi connectivity index (χ1n) is 7.83. The van der Waals surface area contributed by atoms with Crippen molar-refractivity contribution in [2.45, 2.75) is 38.0 Å². The van der Waals surface area contributed by atoms with E-state index in [0.717, 1.165) is 24.0 Å². The zero-order valence-corrected chi connectivity index (χ0v) is 14.0. The minimum atomic E-state index is -2.31. The molecule has 0 aromatic carbocycles. The number of fused-ring (bicyclic) bond motifs is 1. The molecule has 3 N–H and O–H groups in total. The Morgan fingerprint density at radius 1 is 1.58 bits per heavy atom.